The van der Waals surface area contributed by atoms with Crippen LogP contribution in [0.2, 0.25) is 6.82 Å². The molecule has 12 aromatic heterocycles. The Labute approximate surface area is 490 Å². The van der Waals surface area contributed by atoms with Crippen molar-refractivity contribution in [3.05, 3.63) is 171 Å². The van der Waals surface area contributed by atoms with Crippen LogP contribution in [0.3, 0.4) is 0 Å². The van der Waals surface area contributed by atoms with Crippen molar-refractivity contribution in [2.45, 2.75) is 111 Å². The summed E-state index contributed by atoms with van der Waals surface area (Å²) in [6.45, 7) is 30.9. The van der Waals surface area contributed by atoms with E-state index in [-0.39, 0.29) is 0 Å². The van der Waals surface area contributed by atoms with E-state index in [1.807, 2.05) is 148 Å². The van der Waals surface area contributed by atoms with Gasteiger partial charge in [-0.15, -0.1) is 0 Å². The quantitative estimate of drug-likeness (QED) is 0.134. The molecule has 0 atom stereocenters. The number of aromatic nitrogens is 18. The largest absolute Gasteiger partial charge is 0.448 e. The lowest BCUT2D eigenvalue weighted by atomic mass is 9.99. The molecule has 12 rings (SSSR count). The number of hydrogen-bond acceptors (Lipinski definition) is 15. The first-order valence-corrected chi connectivity index (χ1v) is 27.7. The summed E-state index contributed by atoms with van der Waals surface area (Å²) in [7, 11) is -1.17. The Bertz CT molecular complexity index is 3900. The minimum absolute atomic E-state index is 0.623. The van der Waals surface area contributed by atoms with E-state index in [9.17, 15) is 0 Å². The van der Waals surface area contributed by atoms with Crippen molar-refractivity contribution in [1.82, 2.24) is 87.6 Å². The number of hydrogen-bond donors (Lipinski definition) is 2. The van der Waals surface area contributed by atoms with Crippen LogP contribution in [0.4, 0.5) is 0 Å². The van der Waals surface area contributed by atoms with Gasteiger partial charge in [-0.3, -0.25) is 0 Å². The van der Waals surface area contributed by atoms with Crippen molar-refractivity contribution in [3.63, 3.8) is 0 Å². The Morgan fingerprint density at radius 2 is 0.709 bits per heavy atom. The molecule has 79 heavy (non-hydrogen) atoms. The van der Waals surface area contributed by atoms with Gasteiger partial charge in [0, 0.05) is 37.4 Å². The molecule has 0 saturated heterocycles. The van der Waals surface area contributed by atoms with E-state index in [1.54, 1.807) is 10.7 Å². The van der Waals surface area contributed by atoms with Crippen LogP contribution >= 0.6 is 63.7 Å². The van der Waals surface area contributed by atoms with E-state index in [1.165, 1.54) is 29.2 Å². The zero-order chi connectivity index (χ0) is 58.3. The maximum absolute atomic E-state index is 8.80. The third-order valence-electron chi connectivity index (χ3n) is 12.0. The fourth-order valence-electron chi connectivity index (χ4n) is 7.88. The molecular weight excluding hydrogens is 1270 g/mol. The molecule has 0 unspecified atom stereocenters. The molecule has 12 heterocycles. The van der Waals surface area contributed by atoms with Crippen LogP contribution in [0.15, 0.2) is 79.3 Å². The second kappa shape index (κ2) is 26.4. The maximum Gasteiger partial charge on any atom is 0.448 e. The van der Waals surface area contributed by atoms with Gasteiger partial charge in [-0.05, 0) is 215 Å². The molecule has 0 aromatic carbocycles. The minimum Gasteiger partial charge on any atom is -0.427 e. The van der Waals surface area contributed by atoms with E-state index in [0.29, 0.717) is 11.4 Å². The first-order chi connectivity index (χ1) is 37.2. The van der Waals surface area contributed by atoms with Crippen LogP contribution in [0.5, 0.6) is 0 Å². The zero-order valence-electron chi connectivity index (χ0n) is 46.8. The Morgan fingerprint density at radius 3 is 1.14 bits per heavy atom. The third-order valence-corrected chi connectivity index (χ3v) is 15.6. The lowest BCUT2D eigenvalue weighted by Gasteiger charge is -1.97. The lowest BCUT2D eigenvalue weighted by molar-refractivity contribution is 0.417. The van der Waals surface area contributed by atoms with Gasteiger partial charge in [0.25, 0.3) is 0 Å². The molecule has 12 aromatic rings. The van der Waals surface area contributed by atoms with Gasteiger partial charge in [-0.25, -0.2) is 57.0 Å². The number of nitriles is 1. The summed E-state index contributed by atoms with van der Waals surface area (Å²) in [6, 6.07) is 10.1. The number of rotatable bonds is 0. The van der Waals surface area contributed by atoms with Crippen LogP contribution in [0.1, 0.15) is 91.4 Å². The first kappa shape index (κ1) is 61.3. The molecule has 0 spiro atoms. The van der Waals surface area contributed by atoms with Crippen molar-refractivity contribution >= 4 is 104 Å². The maximum atomic E-state index is 8.80. The van der Waals surface area contributed by atoms with Crippen molar-refractivity contribution in [2.75, 3.05) is 0 Å². The van der Waals surface area contributed by atoms with Gasteiger partial charge >= 0.3 is 7.12 Å². The van der Waals surface area contributed by atoms with E-state index in [2.05, 4.69) is 164 Å². The third kappa shape index (κ3) is 14.5. The van der Waals surface area contributed by atoms with Gasteiger partial charge in [0.05, 0.1) is 85.0 Å². The topological polar surface area (TPSA) is 245 Å². The summed E-state index contributed by atoms with van der Waals surface area (Å²) in [5.74, 6) is 4.66. The molecule has 2 N–H and O–H groups in total. The number of aryl methyl sites for hydroxylation is 14. The highest BCUT2D eigenvalue weighted by Gasteiger charge is 2.13. The minimum atomic E-state index is -1.17. The Kier molecular flexibility index (Phi) is 20.5. The molecule has 0 bridgehead atoms. The highest BCUT2D eigenvalue weighted by molar-refractivity contribution is 9.13. The second-order valence-electron chi connectivity index (χ2n) is 18.3. The molecule has 0 saturated carbocycles. The molecule has 0 aliphatic heterocycles. The highest BCUT2D eigenvalue weighted by atomic mass is 79.9. The number of halogens is 4. The fraction of sp³-hybridized carbons (Fsp3) is 0.302. The number of fused-ring (bicyclic) bond motifs is 6. The van der Waals surface area contributed by atoms with Crippen LogP contribution in [-0.4, -0.2) is 105 Å². The van der Waals surface area contributed by atoms with Crippen LogP contribution in [0, 0.1) is 115 Å². The highest BCUT2D eigenvalue weighted by Crippen LogP contribution is 2.32. The molecule has 0 fully saturated rings. The lowest BCUT2D eigenvalue weighted by Crippen LogP contribution is -2.00. The van der Waals surface area contributed by atoms with Gasteiger partial charge in [-0.1, -0.05) is 0 Å². The summed E-state index contributed by atoms with van der Waals surface area (Å²) >= 11 is 13.8. The van der Waals surface area contributed by atoms with Crippen LogP contribution in [-0.2, 0) is 0 Å². The molecular formula is C53H60BBr4N19O2. The van der Waals surface area contributed by atoms with E-state index in [4.69, 9.17) is 15.3 Å². The summed E-state index contributed by atoms with van der Waals surface area (Å²) in [6.07, 6.45) is 10.9. The Hall–Kier alpha value is -6.89. The standard InChI is InChI=1S/C10H13N3.C9H8N4.C9H11N3.C8H7Br2N3.2C8H8BrN3.CH5BO2/c1-6-7(2)10-5-11-9(4)12-13(10)8(6)3;1-6-3-8(4-10)9-5-11-7(2)12-13(6)9;1-6-4-7(2)12-9(6)5-10-8(3)11-12;1-4-7(9)8(10)6-3-11-5(2)12-13(4)6;2*1-5-3-7(9)8-4-10-6(2)11-12(5)8;1-2(3)4/h5H,1-4H3;3,5H,1-2H3;4-5H,1-3H3;3H,1-2H3;2*3-4H,1-2H3;3-4H,1H3. The average molecular weight is 1330 g/mol. The summed E-state index contributed by atoms with van der Waals surface area (Å²) in [4.78, 5) is 24.8. The monoisotopic (exact) mass is 1320 g/mol. The van der Waals surface area contributed by atoms with Crippen molar-refractivity contribution in [2.24, 2.45) is 0 Å². The van der Waals surface area contributed by atoms with E-state index >= 15 is 0 Å². The smallest absolute Gasteiger partial charge is 0.427 e. The van der Waals surface area contributed by atoms with Crippen molar-refractivity contribution < 1.29 is 10.0 Å². The van der Waals surface area contributed by atoms with Gasteiger partial charge in [0.2, 0.25) is 0 Å². The SMILES string of the molecule is CB(O)O.Cc1ncc2c(Br)c(Br)c(C)n2n1.Cc1ncc2c(Br)cc(C)n2n1.Cc1ncc2c(Br)cc(C)n2n1.Cc1ncc2c(C#N)cc(C)n2n1.Cc1ncc2c(C)c(C)c(C)n2n1.Cc1ncc2c(C)cc(C)n2n1. The average Bonchev–Trinajstić information content (AvgIpc) is 4.30. The Morgan fingerprint density at radius 1 is 0.392 bits per heavy atom. The summed E-state index contributed by atoms with van der Waals surface area (Å²) < 4.78 is 15.4. The van der Waals surface area contributed by atoms with E-state index in [0.717, 1.165) is 109 Å². The molecule has 0 radical (unpaired) electrons. The predicted molar refractivity (Wildman–Crippen MR) is 321 cm³/mol. The molecule has 26 heteroatoms. The fourth-order valence-corrected chi connectivity index (χ4v) is 10.0. The Balaban J connectivity index is 0.000000151. The second-order valence-corrected chi connectivity index (χ2v) is 21.6. The van der Waals surface area contributed by atoms with Crippen molar-refractivity contribution in [3.8, 4) is 6.07 Å². The zero-order valence-corrected chi connectivity index (χ0v) is 53.1. The number of nitrogens with zero attached hydrogens (tertiary/aromatic N) is 19. The normalized spacial score (nSPS) is 10.6. The molecule has 0 amide bonds. The molecule has 21 nitrogen and oxygen atoms in total. The molecule has 410 valence electrons. The van der Waals surface area contributed by atoms with Gasteiger partial charge in [0.1, 0.15) is 46.5 Å². The van der Waals surface area contributed by atoms with Gasteiger partial charge < -0.3 is 10.0 Å². The first-order valence-electron chi connectivity index (χ1n) is 24.5. The van der Waals surface area contributed by atoms with E-state index < -0.39 is 7.12 Å². The van der Waals surface area contributed by atoms with Gasteiger partial charge in [0.15, 0.2) is 0 Å². The van der Waals surface area contributed by atoms with Crippen LogP contribution in [0.25, 0.3) is 33.1 Å². The van der Waals surface area contributed by atoms with Crippen LogP contribution < -0.4 is 0 Å². The van der Waals surface area contributed by atoms with Gasteiger partial charge in [-0.2, -0.15) is 35.9 Å². The predicted octanol–water partition coefficient (Wildman–Crippen LogP) is 11.0. The van der Waals surface area contributed by atoms with Crippen molar-refractivity contribution in [1.29, 1.82) is 5.26 Å². The summed E-state index contributed by atoms with van der Waals surface area (Å²) in [5.41, 5.74) is 17.0. The summed E-state index contributed by atoms with van der Waals surface area (Å²) in [5, 5.41) is 49.7. The molecule has 0 aliphatic carbocycles. The molecule has 0 aliphatic rings.